The Morgan fingerprint density at radius 1 is 1.07 bits per heavy atom. The topological polar surface area (TPSA) is 72.4 Å². The van der Waals surface area contributed by atoms with E-state index in [1.807, 2.05) is 37.3 Å². The van der Waals surface area contributed by atoms with Crippen LogP contribution in [0.5, 0.6) is 11.6 Å². The summed E-state index contributed by atoms with van der Waals surface area (Å²) >= 11 is 1.34. The lowest BCUT2D eigenvalue weighted by Crippen LogP contribution is -2.32. The van der Waals surface area contributed by atoms with Gasteiger partial charge in [-0.2, -0.15) is 0 Å². The van der Waals surface area contributed by atoms with E-state index in [4.69, 9.17) is 4.74 Å². The average molecular weight is 403 g/mol. The molecule has 2 unspecified atom stereocenters. The van der Waals surface area contributed by atoms with Gasteiger partial charge in [0.25, 0.3) is 0 Å². The van der Waals surface area contributed by atoms with E-state index in [0.29, 0.717) is 16.8 Å². The summed E-state index contributed by atoms with van der Waals surface area (Å²) < 4.78 is 6.72. The minimum Gasteiger partial charge on any atom is -0.439 e. The monoisotopic (exact) mass is 403 g/mol. The SMILES string of the molecule is Cc1ccnc(Oc2ccc3nc(N4C(=O)[C@@H]5C6C=CC(C6)[C@@H]5C4=O)sc3c2)c1. The summed E-state index contributed by atoms with van der Waals surface area (Å²) in [6.07, 6.45) is 6.83. The Hall–Kier alpha value is -3.06. The zero-order valence-electron chi connectivity index (χ0n) is 15.6. The molecular formula is C22H17N3O3S. The number of aromatic nitrogens is 2. The van der Waals surface area contributed by atoms with Gasteiger partial charge in [-0.3, -0.25) is 9.59 Å². The van der Waals surface area contributed by atoms with Gasteiger partial charge in [0.15, 0.2) is 5.13 Å². The molecule has 2 aliphatic carbocycles. The number of aryl methyl sites for hydroxylation is 1. The maximum Gasteiger partial charge on any atom is 0.240 e. The minimum absolute atomic E-state index is 0.101. The molecule has 6 rings (SSSR count). The highest BCUT2D eigenvalue weighted by Crippen LogP contribution is 2.53. The molecule has 29 heavy (non-hydrogen) atoms. The zero-order chi connectivity index (χ0) is 19.7. The standard InChI is InChI=1S/C22H17N3O3S/c1-11-6-7-23-17(8-11)28-14-4-5-15-16(10-14)29-22(24-15)25-20(26)18-12-2-3-13(9-12)19(18)21(25)27/h2-8,10,12-13,18-19H,9H2,1H3/t12?,13?,18-,19+. The number of fused-ring (bicyclic) bond motifs is 6. The number of hydrogen-bond donors (Lipinski definition) is 0. The lowest BCUT2D eigenvalue weighted by atomic mass is 9.85. The summed E-state index contributed by atoms with van der Waals surface area (Å²) in [6, 6.07) is 9.31. The minimum atomic E-state index is -0.212. The molecule has 3 aromatic rings. The molecule has 2 aromatic heterocycles. The summed E-state index contributed by atoms with van der Waals surface area (Å²) in [6.45, 7) is 1.98. The van der Waals surface area contributed by atoms with E-state index in [1.165, 1.54) is 16.2 Å². The van der Waals surface area contributed by atoms with Gasteiger partial charge in [-0.15, -0.1) is 0 Å². The number of benzene rings is 1. The van der Waals surface area contributed by atoms with Crippen molar-refractivity contribution < 1.29 is 14.3 Å². The highest BCUT2D eigenvalue weighted by atomic mass is 32.1. The summed E-state index contributed by atoms with van der Waals surface area (Å²) in [4.78, 5) is 36.1. The number of allylic oxidation sites excluding steroid dienone is 2. The molecule has 3 heterocycles. The number of amides is 2. The summed E-state index contributed by atoms with van der Waals surface area (Å²) in [7, 11) is 0. The number of carbonyl (C=O) groups is 2. The number of carbonyl (C=O) groups excluding carboxylic acids is 2. The number of imide groups is 1. The van der Waals surface area contributed by atoms with Gasteiger partial charge >= 0.3 is 0 Å². The second kappa shape index (κ2) is 5.97. The second-order valence-electron chi connectivity index (χ2n) is 7.91. The van der Waals surface area contributed by atoms with E-state index in [0.717, 1.165) is 22.2 Å². The predicted molar refractivity (Wildman–Crippen MR) is 109 cm³/mol. The van der Waals surface area contributed by atoms with Crippen LogP contribution in [-0.4, -0.2) is 21.8 Å². The first kappa shape index (κ1) is 16.9. The molecule has 3 aliphatic rings. The van der Waals surface area contributed by atoms with Gasteiger partial charge in [0, 0.05) is 18.3 Å². The zero-order valence-corrected chi connectivity index (χ0v) is 16.4. The molecule has 1 saturated heterocycles. The van der Waals surface area contributed by atoms with E-state index in [1.54, 1.807) is 6.20 Å². The van der Waals surface area contributed by atoms with Crippen molar-refractivity contribution in [1.82, 2.24) is 9.97 Å². The molecule has 4 atom stereocenters. The van der Waals surface area contributed by atoms with Crippen LogP contribution in [0, 0.1) is 30.6 Å². The molecule has 1 aliphatic heterocycles. The molecule has 2 fully saturated rings. The number of ether oxygens (including phenoxy) is 1. The fraction of sp³-hybridized carbons (Fsp3) is 0.273. The van der Waals surface area contributed by atoms with Crippen LogP contribution >= 0.6 is 11.3 Å². The predicted octanol–water partition coefficient (Wildman–Crippen LogP) is 4.10. The van der Waals surface area contributed by atoms with Gasteiger partial charge in [-0.1, -0.05) is 23.5 Å². The van der Waals surface area contributed by atoms with Gasteiger partial charge in [0.2, 0.25) is 17.7 Å². The lowest BCUT2D eigenvalue weighted by molar-refractivity contribution is -0.123. The number of pyridine rings is 1. The Kier molecular flexibility index (Phi) is 3.47. The maximum atomic E-state index is 13.0. The molecule has 0 N–H and O–H groups in total. The van der Waals surface area contributed by atoms with Crippen molar-refractivity contribution in [2.24, 2.45) is 23.7 Å². The fourth-order valence-electron chi connectivity index (χ4n) is 4.83. The maximum absolute atomic E-state index is 13.0. The molecule has 0 spiro atoms. The molecular weight excluding hydrogens is 386 g/mol. The molecule has 1 aromatic carbocycles. The van der Waals surface area contributed by atoms with E-state index < -0.39 is 0 Å². The van der Waals surface area contributed by atoms with Crippen molar-refractivity contribution in [1.29, 1.82) is 0 Å². The molecule has 0 radical (unpaired) electrons. The van der Waals surface area contributed by atoms with Crippen LogP contribution in [0.2, 0.25) is 0 Å². The highest BCUT2D eigenvalue weighted by Gasteiger charge is 2.60. The van der Waals surface area contributed by atoms with Crippen molar-refractivity contribution in [2.75, 3.05) is 4.90 Å². The molecule has 1 saturated carbocycles. The molecule has 2 amide bonds. The molecule has 6 nitrogen and oxygen atoms in total. The number of nitrogens with zero attached hydrogens (tertiary/aromatic N) is 3. The second-order valence-corrected chi connectivity index (χ2v) is 8.92. The quantitative estimate of drug-likeness (QED) is 0.486. The number of thiazole rings is 1. The Labute approximate surface area is 170 Å². The number of anilines is 1. The van der Waals surface area contributed by atoms with Gasteiger partial charge in [-0.05, 0) is 48.9 Å². The van der Waals surface area contributed by atoms with Gasteiger partial charge in [0.1, 0.15) is 5.75 Å². The van der Waals surface area contributed by atoms with Gasteiger partial charge < -0.3 is 4.74 Å². The van der Waals surface area contributed by atoms with E-state index >= 15 is 0 Å². The fourth-order valence-corrected chi connectivity index (χ4v) is 5.83. The van der Waals surface area contributed by atoms with Crippen LogP contribution in [0.1, 0.15) is 12.0 Å². The van der Waals surface area contributed by atoms with Crippen LogP contribution in [0.3, 0.4) is 0 Å². The summed E-state index contributed by atoms with van der Waals surface area (Å²) in [5.74, 6) is 0.934. The summed E-state index contributed by atoms with van der Waals surface area (Å²) in [5.41, 5.74) is 1.81. The third-order valence-electron chi connectivity index (χ3n) is 6.12. The third-order valence-corrected chi connectivity index (χ3v) is 7.13. The smallest absolute Gasteiger partial charge is 0.240 e. The number of rotatable bonds is 3. The third kappa shape index (κ3) is 2.47. The lowest BCUT2D eigenvalue weighted by Gasteiger charge is -2.14. The molecule has 2 bridgehead atoms. The summed E-state index contributed by atoms with van der Waals surface area (Å²) in [5, 5.41) is 0.453. The Morgan fingerprint density at radius 2 is 1.83 bits per heavy atom. The van der Waals surface area contributed by atoms with Crippen molar-refractivity contribution in [3.05, 3.63) is 54.2 Å². The van der Waals surface area contributed by atoms with E-state index in [2.05, 4.69) is 22.1 Å². The van der Waals surface area contributed by atoms with Gasteiger partial charge in [-0.25, -0.2) is 14.9 Å². The van der Waals surface area contributed by atoms with Gasteiger partial charge in [0.05, 0.1) is 22.1 Å². The van der Waals surface area contributed by atoms with Crippen LogP contribution in [0.4, 0.5) is 5.13 Å². The van der Waals surface area contributed by atoms with Crippen molar-refractivity contribution in [3.63, 3.8) is 0 Å². The van der Waals surface area contributed by atoms with Crippen LogP contribution in [0.25, 0.3) is 10.2 Å². The first-order valence-corrected chi connectivity index (χ1v) is 10.5. The Bertz CT molecular complexity index is 1190. The molecule has 7 heteroatoms. The number of hydrogen-bond acceptors (Lipinski definition) is 6. The normalized spacial score (nSPS) is 27.3. The average Bonchev–Trinajstić information content (AvgIpc) is 3.44. The largest absolute Gasteiger partial charge is 0.439 e. The Morgan fingerprint density at radius 3 is 2.55 bits per heavy atom. The van der Waals surface area contributed by atoms with Crippen LogP contribution in [0.15, 0.2) is 48.7 Å². The first-order valence-electron chi connectivity index (χ1n) is 9.66. The Balaban J connectivity index is 1.32. The van der Waals surface area contributed by atoms with E-state index in [-0.39, 0.29) is 35.5 Å². The van der Waals surface area contributed by atoms with Crippen molar-refractivity contribution in [3.8, 4) is 11.6 Å². The molecule has 144 valence electrons. The first-order chi connectivity index (χ1) is 14.1. The van der Waals surface area contributed by atoms with Crippen molar-refractivity contribution in [2.45, 2.75) is 13.3 Å². The highest BCUT2D eigenvalue weighted by molar-refractivity contribution is 7.22. The van der Waals surface area contributed by atoms with E-state index in [9.17, 15) is 9.59 Å². The van der Waals surface area contributed by atoms with Crippen LogP contribution in [-0.2, 0) is 9.59 Å². The van der Waals surface area contributed by atoms with Crippen LogP contribution < -0.4 is 9.64 Å². The van der Waals surface area contributed by atoms with Crippen molar-refractivity contribution >= 4 is 38.5 Å².